The molecule has 0 amide bonds. The van der Waals surface area contributed by atoms with Crippen LogP contribution in [0.2, 0.25) is 0 Å². The molecule has 0 saturated carbocycles. The van der Waals surface area contributed by atoms with Gasteiger partial charge in [-0.2, -0.15) is 0 Å². The molecule has 0 spiro atoms. The molecular formula is C12H15NO2S. The first-order valence-electron chi connectivity index (χ1n) is 5.16. The number of ether oxygens (including phenoxy) is 1. The van der Waals surface area contributed by atoms with Crippen LogP contribution in [0.1, 0.15) is 24.2 Å². The normalized spacial score (nSPS) is 17.2. The van der Waals surface area contributed by atoms with Crippen molar-refractivity contribution in [1.82, 2.24) is 0 Å². The maximum atomic E-state index is 11.6. The van der Waals surface area contributed by atoms with E-state index in [9.17, 15) is 4.79 Å². The Balaban J connectivity index is 2.46. The summed E-state index contributed by atoms with van der Waals surface area (Å²) in [7, 11) is 1.41. The van der Waals surface area contributed by atoms with Crippen molar-refractivity contribution in [3.8, 4) is 0 Å². The number of hydrogen-bond acceptors (Lipinski definition) is 4. The fraction of sp³-hybridized carbons (Fsp3) is 0.417. The van der Waals surface area contributed by atoms with Crippen LogP contribution in [0.15, 0.2) is 23.1 Å². The van der Waals surface area contributed by atoms with Gasteiger partial charge in [0.05, 0.1) is 18.4 Å². The number of nitrogens with one attached hydrogen (secondary N) is 1. The van der Waals surface area contributed by atoms with E-state index in [-0.39, 0.29) is 11.5 Å². The van der Waals surface area contributed by atoms with E-state index in [1.807, 2.05) is 12.1 Å². The first kappa shape index (κ1) is 11.3. The van der Waals surface area contributed by atoms with Crippen molar-refractivity contribution < 1.29 is 9.53 Å². The maximum Gasteiger partial charge on any atom is 0.340 e. The number of methoxy groups -OCH3 is 1. The fourth-order valence-corrected chi connectivity index (χ4v) is 2.76. The van der Waals surface area contributed by atoms with Crippen LogP contribution in [0.3, 0.4) is 0 Å². The van der Waals surface area contributed by atoms with Crippen LogP contribution in [0.4, 0.5) is 5.69 Å². The first-order valence-corrected chi connectivity index (χ1v) is 6.14. The van der Waals surface area contributed by atoms with E-state index >= 15 is 0 Å². The molecule has 0 saturated heterocycles. The smallest absolute Gasteiger partial charge is 0.340 e. The predicted octanol–water partition coefficient (Wildman–Crippen LogP) is 2.77. The highest BCUT2D eigenvalue weighted by Crippen LogP contribution is 2.39. The number of esters is 1. The Labute approximate surface area is 99.6 Å². The van der Waals surface area contributed by atoms with Gasteiger partial charge in [0.2, 0.25) is 0 Å². The summed E-state index contributed by atoms with van der Waals surface area (Å²) < 4.78 is 4.78. The maximum absolute atomic E-state index is 11.6. The third-order valence-corrected chi connectivity index (χ3v) is 4.00. The summed E-state index contributed by atoms with van der Waals surface area (Å²) in [5.41, 5.74) is 1.51. The van der Waals surface area contributed by atoms with Crippen molar-refractivity contribution in [1.29, 1.82) is 0 Å². The van der Waals surface area contributed by atoms with Crippen molar-refractivity contribution in [2.24, 2.45) is 0 Å². The van der Waals surface area contributed by atoms with Crippen molar-refractivity contribution in [2.45, 2.75) is 24.3 Å². The number of rotatable bonds is 1. The number of benzene rings is 1. The minimum Gasteiger partial charge on any atom is -0.465 e. The quantitative estimate of drug-likeness (QED) is 0.762. The number of thioether (sulfide) groups is 1. The molecule has 0 aromatic heterocycles. The van der Waals surface area contributed by atoms with Gasteiger partial charge in [-0.15, -0.1) is 11.8 Å². The molecule has 0 aliphatic carbocycles. The molecule has 1 aliphatic heterocycles. The minimum absolute atomic E-state index is 0.00178. The molecular weight excluding hydrogens is 222 g/mol. The van der Waals surface area contributed by atoms with E-state index < -0.39 is 0 Å². The van der Waals surface area contributed by atoms with E-state index in [0.29, 0.717) is 5.56 Å². The van der Waals surface area contributed by atoms with E-state index in [1.54, 1.807) is 17.8 Å². The molecule has 0 atom stereocenters. The lowest BCUT2D eigenvalue weighted by Gasteiger charge is -2.34. The highest BCUT2D eigenvalue weighted by Gasteiger charge is 2.28. The third kappa shape index (κ3) is 2.02. The summed E-state index contributed by atoms with van der Waals surface area (Å²) in [5, 5.41) is 3.40. The van der Waals surface area contributed by atoms with E-state index in [1.165, 1.54) is 7.11 Å². The van der Waals surface area contributed by atoms with Crippen LogP contribution in [0.25, 0.3) is 0 Å². The predicted molar refractivity (Wildman–Crippen MR) is 66.2 cm³/mol. The summed E-state index contributed by atoms with van der Waals surface area (Å²) in [4.78, 5) is 12.7. The van der Waals surface area contributed by atoms with E-state index in [0.717, 1.165) is 16.3 Å². The molecule has 0 unspecified atom stereocenters. The molecule has 86 valence electrons. The van der Waals surface area contributed by atoms with Crippen LogP contribution in [-0.2, 0) is 4.74 Å². The highest BCUT2D eigenvalue weighted by atomic mass is 32.2. The number of hydrogen-bond donors (Lipinski definition) is 1. The van der Waals surface area contributed by atoms with Gasteiger partial charge in [-0.1, -0.05) is 6.07 Å². The lowest BCUT2D eigenvalue weighted by Crippen LogP contribution is -2.37. The molecule has 4 heteroatoms. The lowest BCUT2D eigenvalue weighted by molar-refractivity contribution is 0.0601. The SMILES string of the molecule is COC(=O)c1cccc2c1NC(C)(C)CS2. The number of carbonyl (C=O) groups excluding carboxylic acids is 1. The Morgan fingerprint density at radius 2 is 2.25 bits per heavy atom. The molecule has 3 nitrogen and oxygen atoms in total. The second-order valence-corrected chi connectivity index (χ2v) is 5.49. The largest absolute Gasteiger partial charge is 0.465 e. The number of carbonyl (C=O) groups is 1. The Morgan fingerprint density at radius 1 is 1.50 bits per heavy atom. The summed E-state index contributed by atoms with van der Waals surface area (Å²) >= 11 is 1.77. The van der Waals surface area contributed by atoms with Crippen LogP contribution in [0, 0.1) is 0 Å². The van der Waals surface area contributed by atoms with Crippen LogP contribution in [0.5, 0.6) is 0 Å². The second kappa shape index (κ2) is 4.01. The zero-order valence-corrected chi connectivity index (χ0v) is 10.5. The number of para-hydroxylation sites is 1. The Bertz CT molecular complexity index is 429. The van der Waals surface area contributed by atoms with Gasteiger partial charge in [0, 0.05) is 16.2 Å². The van der Waals surface area contributed by atoms with E-state index in [4.69, 9.17) is 4.74 Å². The number of anilines is 1. The van der Waals surface area contributed by atoms with Crippen molar-refractivity contribution >= 4 is 23.4 Å². The van der Waals surface area contributed by atoms with Gasteiger partial charge in [0.15, 0.2) is 0 Å². The van der Waals surface area contributed by atoms with E-state index in [2.05, 4.69) is 19.2 Å². The van der Waals surface area contributed by atoms with Crippen LogP contribution < -0.4 is 5.32 Å². The first-order chi connectivity index (χ1) is 7.53. The average molecular weight is 237 g/mol. The van der Waals surface area contributed by atoms with Gasteiger partial charge in [-0.25, -0.2) is 4.79 Å². The molecule has 0 fully saturated rings. The Hall–Kier alpha value is -1.16. The van der Waals surface area contributed by atoms with Gasteiger partial charge in [0.1, 0.15) is 0 Å². The summed E-state index contributed by atoms with van der Waals surface area (Å²) in [6, 6.07) is 5.70. The summed E-state index contributed by atoms with van der Waals surface area (Å²) in [6.07, 6.45) is 0. The molecule has 0 radical (unpaired) electrons. The molecule has 1 N–H and O–H groups in total. The van der Waals surface area contributed by atoms with Crippen molar-refractivity contribution in [3.05, 3.63) is 23.8 Å². The van der Waals surface area contributed by atoms with Crippen molar-refractivity contribution in [2.75, 3.05) is 18.2 Å². The minimum atomic E-state index is -0.289. The second-order valence-electron chi connectivity index (χ2n) is 4.47. The molecule has 1 aromatic carbocycles. The Kier molecular flexibility index (Phi) is 2.84. The highest BCUT2D eigenvalue weighted by molar-refractivity contribution is 7.99. The topological polar surface area (TPSA) is 38.3 Å². The Morgan fingerprint density at radius 3 is 2.94 bits per heavy atom. The van der Waals surface area contributed by atoms with Gasteiger partial charge in [0.25, 0.3) is 0 Å². The van der Waals surface area contributed by atoms with Crippen molar-refractivity contribution in [3.63, 3.8) is 0 Å². The molecule has 2 rings (SSSR count). The van der Waals surface area contributed by atoms with Gasteiger partial charge in [-0.3, -0.25) is 0 Å². The van der Waals surface area contributed by atoms with Gasteiger partial charge in [-0.05, 0) is 26.0 Å². The molecule has 16 heavy (non-hydrogen) atoms. The lowest BCUT2D eigenvalue weighted by atomic mass is 10.1. The molecule has 1 aliphatic rings. The summed E-state index contributed by atoms with van der Waals surface area (Å²) in [6.45, 7) is 4.24. The third-order valence-electron chi connectivity index (χ3n) is 2.48. The fourth-order valence-electron chi connectivity index (χ4n) is 1.69. The van der Waals surface area contributed by atoms with Crippen LogP contribution >= 0.6 is 11.8 Å². The molecule has 1 heterocycles. The zero-order valence-electron chi connectivity index (χ0n) is 9.66. The zero-order chi connectivity index (χ0) is 11.8. The van der Waals surface area contributed by atoms with Gasteiger partial charge < -0.3 is 10.1 Å². The molecule has 0 bridgehead atoms. The monoisotopic (exact) mass is 237 g/mol. The summed E-state index contributed by atoms with van der Waals surface area (Å²) in [5.74, 6) is 0.701. The van der Waals surface area contributed by atoms with Gasteiger partial charge >= 0.3 is 5.97 Å². The average Bonchev–Trinajstić information content (AvgIpc) is 2.26. The van der Waals surface area contributed by atoms with Crippen LogP contribution in [-0.4, -0.2) is 24.4 Å². The molecule has 1 aromatic rings. The standard InChI is InChI=1S/C12H15NO2S/c1-12(2)7-16-9-6-4-5-8(10(9)13-12)11(14)15-3/h4-6,13H,7H2,1-3H3. The number of fused-ring (bicyclic) bond motifs is 1.